The molecule has 0 amide bonds. The summed E-state index contributed by atoms with van der Waals surface area (Å²) < 4.78 is 27.2. The van der Waals surface area contributed by atoms with Crippen LogP contribution in [-0.4, -0.2) is 13.1 Å². The predicted molar refractivity (Wildman–Crippen MR) is 82.5 cm³/mol. The highest BCUT2D eigenvalue weighted by molar-refractivity contribution is 5.29. The van der Waals surface area contributed by atoms with Crippen molar-refractivity contribution in [3.63, 3.8) is 0 Å². The molecule has 2 aromatic rings. The lowest BCUT2D eigenvalue weighted by molar-refractivity contribution is 0.490. The molecular weight excluding hydrogens is 268 g/mol. The van der Waals surface area contributed by atoms with Crippen LogP contribution in [0.3, 0.4) is 0 Å². The first-order valence-electron chi connectivity index (χ1n) is 7.32. The fourth-order valence-electron chi connectivity index (χ4n) is 2.52. The normalized spacial score (nSPS) is 12.4. The summed E-state index contributed by atoms with van der Waals surface area (Å²) in [7, 11) is 0. The maximum atomic E-state index is 13.9. The van der Waals surface area contributed by atoms with Crippen molar-refractivity contribution in [3.05, 3.63) is 70.8 Å². The molecule has 2 aromatic carbocycles. The maximum absolute atomic E-state index is 13.9. The summed E-state index contributed by atoms with van der Waals surface area (Å²) in [6.45, 7) is 5.68. The van der Waals surface area contributed by atoms with E-state index in [1.165, 1.54) is 5.56 Å². The molecule has 0 spiro atoms. The lowest BCUT2D eigenvalue weighted by atomic mass is 9.90. The van der Waals surface area contributed by atoms with Gasteiger partial charge in [-0.05, 0) is 37.1 Å². The van der Waals surface area contributed by atoms with Crippen LogP contribution in [0.1, 0.15) is 29.5 Å². The van der Waals surface area contributed by atoms with E-state index in [0.717, 1.165) is 24.7 Å². The van der Waals surface area contributed by atoms with Gasteiger partial charge in [-0.3, -0.25) is 0 Å². The minimum absolute atomic E-state index is 0.126. The first kappa shape index (κ1) is 15.6. The van der Waals surface area contributed by atoms with Gasteiger partial charge in [-0.1, -0.05) is 48.9 Å². The van der Waals surface area contributed by atoms with Gasteiger partial charge in [-0.15, -0.1) is 0 Å². The van der Waals surface area contributed by atoms with Crippen LogP contribution in [0.15, 0.2) is 42.5 Å². The zero-order valence-electron chi connectivity index (χ0n) is 12.5. The van der Waals surface area contributed by atoms with E-state index in [1.54, 1.807) is 12.1 Å². The summed E-state index contributed by atoms with van der Waals surface area (Å²) in [5.74, 6) is -1.38. The monoisotopic (exact) mass is 289 g/mol. The SMILES string of the molecule is CCNCC(Cc1cccc(F)c1F)c1cccc(C)c1. The lowest BCUT2D eigenvalue weighted by Crippen LogP contribution is -2.23. The third kappa shape index (κ3) is 4.11. The fraction of sp³-hybridized carbons (Fsp3) is 0.333. The van der Waals surface area contributed by atoms with Crippen LogP contribution < -0.4 is 5.32 Å². The Balaban J connectivity index is 2.26. The van der Waals surface area contributed by atoms with E-state index in [2.05, 4.69) is 11.4 Å². The molecule has 0 fully saturated rings. The topological polar surface area (TPSA) is 12.0 Å². The van der Waals surface area contributed by atoms with Crippen molar-refractivity contribution in [1.82, 2.24) is 5.32 Å². The van der Waals surface area contributed by atoms with Gasteiger partial charge in [0.2, 0.25) is 0 Å². The number of likely N-dealkylation sites (N-methyl/N-ethyl adjacent to an activating group) is 1. The van der Waals surface area contributed by atoms with E-state index >= 15 is 0 Å². The molecule has 1 N–H and O–H groups in total. The Morgan fingerprint density at radius 3 is 2.57 bits per heavy atom. The molecule has 2 rings (SSSR count). The number of halogens is 2. The third-order valence-electron chi connectivity index (χ3n) is 3.65. The van der Waals surface area contributed by atoms with Crippen molar-refractivity contribution in [2.45, 2.75) is 26.2 Å². The fourth-order valence-corrected chi connectivity index (χ4v) is 2.52. The van der Waals surface area contributed by atoms with Crippen LogP contribution in [0.5, 0.6) is 0 Å². The summed E-state index contributed by atoms with van der Waals surface area (Å²) in [5, 5.41) is 3.30. The van der Waals surface area contributed by atoms with Crippen LogP contribution in [0, 0.1) is 18.6 Å². The van der Waals surface area contributed by atoms with E-state index in [0.29, 0.717) is 12.0 Å². The first-order valence-corrected chi connectivity index (χ1v) is 7.32. The Morgan fingerprint density at radius 2 is 1.86 bits per heavy atom. The van der Waals surface area contributed by atoms with Crippen LogP contribution in [0.25, 0.3) is 0 Å². The summed E-state index contributed by atoms with van der Waals surface area (Å²) in [5.41, 5.74) is 2.76. The molecule has 112 valence electrons. The van der Waals surface area contributed by atoms with Gasteiger partial charge in [-0.25, -0.2) is 8.78 Å². The summed E-state index contributed by atoms with van der Waals surface area (Å²) >= 11 is 0. The molecule has 3 heteroatoms. The highest BCUT2D eigenvalue weighted by atomic mass is 19.2. The van der Waals surface area contributed by atoms with Crippen molar-refractivity contribution in [1.29, 1.82) is 0 Å². The zero-order chi connectivity index (χ0) is 15.2. The average Bonchev–Trinajstić information content (AvgIpc) is 2.47. The highest BCUT2D eigenvalue weighted by Gasteiger charge is 2.16. The van der Waals surface area contributed by atoms with Crippen molar-refractivity contribution in [2.75, 3.05) is 13.1 Å². The Morgan fingerprint density at radius 1 is 1.10 bits per heavy atom. The zero-order valence-corrected chi connectivity index (χ0v) is 12.5. The molecule has 0 aliphatic heterocycles. The smallest absolute Gasteiger partial charge is 0.162 e. The molecule has 0 radical (unpaired) electrons. The molecule has 0 aliphatic rings. The molecule has 0 aromatic heterocycles. The average molecular weight is 289 g/mol. The molecule has 0 saturated carbocycles. The summed E-state index contributed by atoms with van der Waals surface area (Å²) in [6.07, 6.45) is 0.486. The molecule has 1 unspecified atom stereocenters. The third-order valence-corrected chi connectivity index (χ3v) is 3.65. The lowest BCUT2D eigenvalue weighted by Gasteiger charge is -2.19. The summed E-state index contributed by atoms with van der Waals surface area (Å²) in [6, 6.07) is 12.6. The summed E-state index contributed by atoms with van der Waals surface area (Å²) in [4.78, 5) is 0. The van der Waals surface area contributed by atoms with Gasteiger partial charge in [0.25, 0.3) is 0 Å². The Hall–Kier alpha value is -1.74. The van der Waals surface area contributed by atoms with E-state index < -0.39 is 11.6 Å². The Bertz CT molecular complexity index is 596. The van der Waals surface area contributed by atoms with E-state index in [4.69, 9.17) is 0 Å². The van der Waals surface area contributed by atoms with Gasteiger partial charge in [0, 0.05) is 12.5 Å². The van der Waals surface area contributed by atoms with Gasteiger partial charge in [0.15, 0.2) is 11.6 Å². The molecule has 0 aliphatic carbocycles. The first-order chi connectivity index (χ1) is 10.1. The molecule has 21 heavy (non-hydrogen) atoms. The molecule has 0 bridgehead atoms. The van der Waals surface area contributed by atoms with Gasteiger partial charge in [0.1, 0.15) is 0 Å². The number of rotatable bonds is 6. The van der Waals surface area contributed by atoms with Crippen molar-refractivity contribution in [2.24, 2.45) is 0 Å². The minimum Gasteiger partial charge on any atom is -0.316 e. The molecule has 1 atom stereocenters. The van der Waals surface area contributed by atoms with Crippen LogP contribution >= 0.6 is 0 Å². The van der Waals surface area contributed by atoms with Crippen LogP contribution in [-0.2, 0) is 6.42 Å². The Kier molecular flexibility index (Phi) is 5.45. The number of benzene rings is 2. The highest BCUT2D eigenvalue weighted by Crippen LogP contribution is 2.23. The van der Waals surface area contributed by atoms with Crippen molar-refractivity contribution < 1.29 is 8.78 Å². The van der Waals surface area contributed by atoms with Crippen molar-refractivity contribution >= 4 is 0 Å². The standard InChI is InChI=1S/C18H21F2N/c1-3-21-12-16(14-7-4-6-13(2)10-14)11-15-8-5-9-17(19)18(15)20/h4-10,16,21H,3,11-12H2,1-2H3. The van der Waals surface area contributed by atoms with Crippen LogP contribution in [0.2, 0.25) is 0 Å². The quantitative estimate of drug-likeness (QED) is 0.840. The van der Waals surface area contributed by atoms with Gasteiger partial charge < -0.3 is 5.32 Å². The number of hydrogen-bond donors (Lipinski definition) is 1. The predicted octanol–water partition coefficient (Wildman–Crippen LogP) is 4.21. The molecular formula is C18H21F2N. The second-order valence-electron chi connectivity index (χ2n) is 5.34. The second-order valence-corrected chi connectivity index (χ2v) is 5.34. The molecule has 0 saturated heterocycles. The van der Waals surface area contributed by atoms with Gasteiger partial charge in [-0.2, -0.15) is 0 Å². The van der Waals surface area contributed by atoms with Crippen molar-refractivity contribution in [3.8, 4) is 0 Å². The molecule has 0 heterocycles. The van der Waals surface area contributed by atoms with Gasteiger partial charge >= 0.3 is 0 Å². The van der Waals surface area contributed by atoms with E-state index in [9.17, 15) is 8.78 Å². The Labute approximate surface area is 125 Å². The van der Waals surface area contributed by atoms with E-state index in [-0.39, 0.29) is 5.92 Å². The number of nitrogens with one attached hydrogen (secondary N) is 1. The number of aryl methyl sites for hydroxylation is 1. The minimum atomic E-state index is -0.779. The maximum Gasteiger partial charge on any atom is 0.162 e. The largest absolute Gasteiger partial charge is 0.316 e. The van der Waals surface area contributed by atoms with E-state index in [1.807, 2.05) is 32.0 Å². The second kappa shape index (κ2) is 7.32. The van der Waals surface area contributed by atoms with Crippen LogP contribution in [0.4, 0.5) is 8.78 Å². The van der Waals surface area contributed by atoms with Gasteiger partial charge in [0.05, 0.1) is 0 Å². The number of hydrogen-bond acceptors (Lipinski definition) is 1. The molecule has 1 nitrogen and oxygen atoms in total.